The average Bonchev–Trinajstić information content (AvgIpc) is 2.20. The summed E-state index contributed by atoms with van der Waals surface area (Å²) in [6.45, 7) is 8.62. The minimum atomic E-state index is 0.0560. The smallest absolute Gasteiger partial charge is 0.138 e. The summed E-state index contributed by atoms with van der Waals surface area (Å²) in [5, 5.41) is 3.20. The Labute approximate surface area is 84.6 Å². The van der Waals surface area contributed by atoms with E-state index >= 15 is 0 Å². The third kappa shape index (κ3) is 2.92. The van der Waals surface area contributed by atoms with Crippen molar-refractivity contribution >= 4 is 12.5 Å². The van der Waals surface area contributed by atoms with Crippen LogP contribution in [-0.2, 0) is 4.79 Å². The van der Waals surface area contributed by atoms with E-state index in [1.165, 1.54) is 0 Å². The fourth-order valence-corrected chi connectivity index (χ4v) is 1.57. The summed E-state index contributed by atoms with van der Waals surface area (Å²) in [5.41, 5.74) is 0.835. The van der Waals surface area contributed by atoms with Crippen molar-refractivity contribution in [3.8, 4) is 0 Å². The molecule has 0 aromatic rings. The van der Waals surface area contributed by atoms with Gasteiger partial charge in [0, 0.05) is 37.5 Å². The number of ketones is 1. The summed E-state index contributed by atoms with van der Waals surface area (Å²) in [6.07, 6.45) is 4.77. The number of carbonyl (C=O) groups excluding carboxylic acids is 1. The molecular formula is C11H16N2O. The predicted molar refractivity (Wildman–Crippen MR) is 58.4 cm³/mol. The SMILES string of the molecule is C=C/C=C(/CC1CNCCC1=O)N=C. The van der Waals surface area contributed by atoms with E-state index < -0.39 is 0 Å². The van der Waals surface area contributed by atoms with Gasteiger partial charge in [0.1, 0.15) is 5.78 Å². The Balaban J connectivity index is 2.56. The first kappa shape index (κ1) is 10.9. The fraction of sp³-hybridized carbons (Fsp3) is 0.455. The number of piperidine rings is 1. The van der Waals surface area contributed by atoms with Crippen LogP contribution in [0.15, 0.2) is 29.4 Å². The minimum Gasteiger partial charge on any atom is -0.316 e. The topological polar surface area (TPSA) is 41.5 Å². The number of aliphatic imine (C=N–C) groups is 1. The fourth-order valence-electron chi connectivity index (χ4n) is 1.57. The number of allylic oxidation sites excluding steroid dienone is 3. The number of carbonyl (C=O) groups is 1. The van der Waals surface area contributed by atoms with Crippen molar-refractivity contribution in [2.45, 2.75) is 12.8 Å². The van der Waals surface area contributed by atoms with Crippen LogP contribution in [0.5, 0.6) is 0 Å². The first-order valence-electron chi connectivity index (χ1n) is 4.79. The highest BCUT2D eigenvalue weighted by molar-refractivity contribution is 5.82. The molecule has 0 bridgehead atoms. The van der Waals surface area contributed by atoms with Crippen LogP contribution in [0.4, 0.5) is 0 Å². The van der Waals surface area contributed by atoms with Crippen LogP contribution in [0.2, 0.25) is 0 Å². The van der Waals surface area contributed by atoms with E-state index in [-0.39, 0.29) is 5.92 Å². The van der Waals surface area contributed by atoms with Gasteiger partial charge in [-0.2, -0.15) is 0 Å². The maximum Gasteiger partial charge on any atom is 0.138 e. The summed E-state index contributed by atoms with van der Waals surface area (Å²) in [6, 6.07) is 0. The Morgan fingerprint density at radius 3 is 3.07 bits per heavy atom. The lowest BCUT2D eigenvalue weighted by molar-refractivity contribution is -0.123. The molecule has 76 valence electrons. The summed E-state index contributed by atoms with van der Waals surface area (Å²) in [4.78, 5) is 15.4. The number of hydrogen-bond acceptors (Lipinski definition) is 3. The molecule has 14 heavy (non-hydrogen) atoms. The van der Waals surface area contributed by atoms with Crippen LogP contribution < -0.4 is 5.32 Å². The zero-order valence-electron chi connectivity index (χ0n) is 8.33. The van der Waals surface area contributed by atoms with Gasteiger partial charge in [-0.1, -0.05) is 12.7 Å². The molecule has 1 saturated heterocycles. The molecule has 3 heteroatoms. The lowest BCUT2D eigenvalue weighted by Crippen LogP contribution is -2.36. The van der Waals surface area contributed by atoms with E-state index in [0.717, 1.165) is 18.8 Å². The highest BCUT2D eigenvalue weighted by atomic mass is 16.1. The molecule has 0 aromatic heterocycles. The Bertz CT molecular complexity index is 268. The van der Waals surface area contributed by atoms with Crippen molar-refractivity contribution in [3.05, 3.63) is 24.4 Å². The van der Waals surface area contributed by atoms with Crippen molar-refractivity contribution in [2.75, 3.05) is 13.1 Å². The van der Waals surface area contributed by atoms with Gasteiger partial charge in [-0.15, -0.1) is 0 Å². The monoisotopic (exact) mass is 192 g/mol. The highest BCUT2D eigenvalue weighted by Crippen LogP contribution is 2.16. The minimum absolute atomic E-state index is 0.0560. The molecule has 1 rings (SSSR count). The summed E-state index contributed by atoms with van der Waals surface area (Å²) < 4.78 is 0. The predicted octanol–water partition coefficient (Wildman–Crippen LogP) is 1.33. The third-order valence-electron chi connectivity index (χ3n) is 2.36. The number of hydrogen-bond donors (Lipinski definition) is 1. The van der Waals surface area contributed by atoms with E-state index in [4.69, 9.17) is 0 Å². The van der Waals surface area contributed by atoms with E-state index in [1.807, 2.05) is 0 Å². The maximum absolute atomic E-state index is 11.5. The molecule has 1 aliphatic rings. The van der Waals surface area contributed by atoms with Gasteiger partial charge in [0.25, 0.3) is 0 Å². The molecule has 0 saturated carbocycles. The third-order valence-corrected chi connectivity index (χ3v) is 2.36. The van der Waals surface area contributed by atoms with Crippen LogP contribution in [0.1, 0.15) is 12.8 Å². The Morgan fingerprint density at radius 1 is 1.71 bits per heavy atom. The first-order valence-corrected chi connectivity index (χ1v) is 4.79. The van der Waals surface area contributed by atoms with Crippen molar-refractivity contribution in [1.29, 1.82) is 0 Å². The summed E-state index contributed by atoms with van der Waals surface area (Å²) in [7, 11) is 0. The molecule has 1 unspecified atom stereocenters. The van der Waals surface area contributed by atoms with Crippen molar-refractivity contribution < 1.29 is 4.79 Å². The van der Waals surface area contributed by atoms with Crippen LogP contribution in [0.25, 0.3) is 0 Å². The Morgan fingerprint density at radius 2 is 2.50 bits per heavy atom. The molecule has 1 heterocycles. The zero-order valence-corrected chi connectivity index (χ0v) is 8.33. The average molecular weight is 192 g/mol. The van der Waals surface area contributed by atoms with Crippen molar-refractivity contribution in [3.63, 3.8) is 0 Å². The summed E-state index contributed by atoms with van der Waals surface area (Å²) in [5.74, 6) is 0.378. The number of Topliss-reactive ketones (excluding diaryl/α,β-unsaturated/α-hetero) is 1. The highest BCUT2D eigenvalue weighted by Gasteiger charge is 2.22. The Hall–Kier alpha value is -1.22. The van der Waals surface area contributed by atoms with Gasteiger partial charge in [0.05, 0.1) is 0 Å². The van der Waals surface area contributed by atoms with Crippen LogP contribution >= 0.6 is 0 Å². The van der Waals surface area contributed by atoms with E-state index in [9.17, 15) is 4.79 Å². The second-order valence-electron chi connectivity index (χ2n) is 3.37. The molecule has 1 fully saturated rings. The van der Waals surface area contributed by atoms with E-state index in [0.29, 0.717) is 18.6 Å². The van der Waals surface area contributed by atoms with E-state index in [2.05, 4.69) is 23.6 Å². The van der Waals surface area contributed by atoms with Crippen molar-refractivity contribution in [1.82, 2.24) is 5.32 Å². The van der Waals surface area contributed by atoms with E-state index in [1.54, 1.807) is 12.2 Å². The molecule has 3 nitrogen and oxygen atoms in total. The molecular weight excluding hydrogens is 176 g/mol. The Kier molecular flexibility index (Phi) is 4.26. The zero-order chi connectivity index (χ0) is 10.4. The van der Waals surface area contributed by atoms with Gasteiger partial charge in [0.15, 0.2) is 0 Å². The van der Waals surface area contributed by atoms with Crippen LogP contribution in [0, 0.1) is 5.92 Å². The molecule has 0 spiro atoms. The molecule has 1 aliphatic heterocycles. The molecule has 1 N–H and O–H groups in total. The molecule has 0 radical (unpaired) electrons. The molecule has 1 atom stereocenters. The largest absolute Gasteiger partial charge is 0.316 e. The number of rotatable bonds is 4. The van der Waals surface area contributed by atoms with Gasteiger partial charge in [0.2, 0.25) is 0 Å². The standard InChI is InChI=1S/C11H16N2O/c1-3-4-10(12-2)7-9-8-13-6-5-11(9)14/h3-4,9,13H,1-2,5-8H2/b10-4-. The number of nitrogens with one attached hydrogen (secondary N) is 1. The second kappa shape index (κ2) is 5.50. The van der Waals surface area contributed by atoms with Crippen molar-refractivity contribution in [2.24, 2.45) is 10.9 Å². The number of nitrogens with zero attached hydrogens (tertiary/aromatic N) is 1. The first-order chi connectivity index (χ1) is 6.77. The van der Waals surface area contributed by atoms with Gasteiger partial charge in [-0.25, -0.2) is 0 Å². The molecule has 0 aromatic carbocycles. The maximum atomic E-state index is 11.5. The van der Waals surface area contributed by atoms with Crippen LogP contribution in [0.3, 0.4) is 0 Å². The van der Waals surface area contributed by atoms with Gasteiger partial charge >= 0.3 is 0 Å². The quantitative estimate of drug-likeness (QED) is 0.539. The summed E-state index contributed by atoms with van der Waals surface area (Å²) >= 11 is 0. The van der Waals surface area contributed by atoms with Gasteiger partial charge in [-0.3, -0.25) is 9.79 Å². The lowest BCUT2D eigenvalue weighted by Gasteiger charge is -2.21. The second-order valence-corrected chi connectivity index (χ2v) is 3.37. The molecule has 0 aliphatic carbocycles. The van der Waals surface area contributed by atoms with Crippen LogP contribution in [-0.4, -0.2) is 25.6 Å². The lowest BCUT2D eigenvalue weighted by atomic mass is 9.93. The normalized spacial score (nSPS) is 23.3. The van der Waals surface area contributed by atoms with Gasteiger partial charge < -0.3 is 5.32 Å². The molecule has 0 amide bonds. The van der Waals surface area contributed by atoms with Gasteiger partial charge in [-0.05, 0) is 12.8 Å².